The number of nitrogens with zero attached hydrogens (tertiary/aromatic N) is 1. The molecule has 3 N–H and O–H groups in total. The second kappa shape index (κ2) is 5.47. The van der Waals surface area contributed by atoms with Crippen LogP contribution in [0.4, 0.5) is 4.79 Å². The van der Waals surface area contributed by atoms with Crippen LogP contribution in [0.2, 0.25) is 0 Å². The lowest BCUT2D eigenvalue weighted by molar-refractivity contribution is 0.0547. The average Bonchev–Trinajstić information content (AvgIpc) is 2.75. The fourth-order valence-electron chi connectivity index (χ4n) is 2.15. The molecule has 116 valence electrons. The van der Waals surface area contributed by atoms with Gasteiger partial charge < -0.3 is 19.9 Å². The van der Waals surface area contributed by atoms with Gasteiger partial charge in [-0.25, -0.2) is 9.59 Å². The minimum absolute atomic E-state index is 0.0624. The van der Waals surface area contributed by atoms with Crippen molar-refractivity contribution in [1.82, 2.24) is 4.57 Å². The smallest absolute Gasteiger partial charge is 0.478 e. The molecule has 7 nitrogen and oxygen atoms in total. The second-order valence-electron chi connectivity index (χ2n) is 5.81. The molecule has 0 aliphatic rings. The first-order chi connectivity index (χ1) is 10.1. The zero-order chi connectivity index (χ0) is 16.7. The Morgan fingerprint density at radius 3 is 2.36 bits per heavy atom. The average molecular weight is 305 g/mol. The van der Waals surface area contributed by atoms with Crippen LogP contribution < -0.4 is 5.59 Å². The van der Waals surface area contributed by atoms with Crippen LogP contribution in [0.5, 0.6) is 0 Å². The van der Waals surface area contributed by atoms with E-state index in [9.17, 15) is 24.7 Å². The number of benzene rings is 1. The summed E-state index contributed by atoms with van der Waals surface area (Å²) in [5.74, 6) is -1.23. The highest BCUT2D eigenvalue weighted by Crippen LogP contribution is 2.21. The Morgan fingerprint density at radius 2 is 1.86 bits per heavy atom. The molecule has 0 bridgehead atoms. The second-order valence-corrected chi connectivity index (χ2v) is 5.81. The van der Waals surface area contributed by atoms with E-state index in [0.29, 0.717) is 5.39 Å². The molecule has 1 aromatic heterocycles. The molecule has 22 heavy (non-hydrogen) atoms. The molecule has 0 fully saturated rings. The fraction of sp³-hybridized carbons (Fsp3) is 0.286. The van der Waals surface area contributed by atoms with Crippen molar-refractivity contribution in [3.05, 3.63) is 29.8 Å². The molecule has 0 aliphatic carbocycles. The summed E-state index contributed by atoms with van der Waals surface area (Å²) in [7, 11) is -1.94. The number of aromatic carboxylic acids is 1. The minimum atomic E-state index is -1.94. The summed E-state index contributed by atoms with van der Waals surface area (Å²) >= 11 is 0. The number of aromatic nitrogens is 1. The first-order valence-corrected chi connectivity index (χ1v) is 6.59. The molecular formula is C14H16BNO6. The number of carbonyl (C=O) groups excluding carboxylic acids is 1. The minimum Gasteiger partial charge on any atom is -0.478 e. The van der Waals surface area contributed by atoms with Crippen LogP contribution >= 0.6 is 0 Å². The summed E-state index contributed by atoms with van der Waals surface area (Å²) in [5, 5.41) is 28.6. The normalized spacial score (nSPS) is 11.5. The van der Waals surface area contributed by atoms with Crippen LogP contribution in [0, 0.1) is 0 Å². The van der Waals surface area contributed by atoms with Gasteiger partial charge in [0, 0.05) is 5.39 Å². The van der Waals surface area contributed by atoms with E-state index in [0.717, 1.165) is 4.57 Å². The summed E-state index contributed by atoms with van der Waals surface area (Å²) in [6.07, 6.45) is -0.876. The van der Waals surface area contributed by atoms with E-state index >= 15 is 0 Å². The predicted octanol–water partition coefficient (Wildman–Crippen LogP) is 0.802. The number of hydrogen-bond acceptors (Lipinski definition) is 5. The monoisotopic (exact) mass is 305 g/mol. The third-order valence-corrected chi connectivity index (χ3v) is 2.92. The lowest BCUT2D eigenvalue weighted by Gasteiger charge is -2.21. The molecule has 1 heterocycles. The molecule has 8 heteroatoms. The number of fused-ring (bicyclic) bond motifs is 1. The predicted molar refractivity (Wildman–Crippen MR) is 80.4 cm³/mol. The van der Waals surface area contributed by atoms with Crippen molar-refractivity contribution in [2.24, 2.45) is 0 Å². The van der Waals surface area contributed by atoms with Gasteiger partial charge in [0.15, 0.2) is 0 Å². The molecule has 0 saturated carbocycles. The molecule has 0 amide bonds. The molecule has 0 spiro atoms. The van der Waals surface area contributed by atoms with Crippen molar-refractivity contribution in [3.63, 3.8) is 0 Å². The molecule has 0 atom stereocenters. The van der Waals surface area contributed by atoms with Crippen LogP contribution in [0.3, 0.4) is 0 Å². The van der Waals surface area contributed by atoms with Crippen LogP contribution in [-0.4, -0.2) is 44.5 Å². The van der Waals surface area contributed by atoms with Crippen molar-refractivity contribution in [1.29, 1.82) is 0 Å². The Balaban J connectivity index is 2.75. The van der Waals surface area contributed by atoms with E-state index in [2.05, 4.69) is 0 Å². The Hall–Kier alpha value is -2.32. The maximum absolute atomic E-state index is 12.4. The maximum Gasteiger partial charge on any atom is 0.506 e. The zero-order valence-corrected chi connectivity index (χ0v) is 12.4. The quantitative estimate of drug-likeness (QED) is 0.708. The van der Waals surface area contributed by atoms with Crippen LogP contribution in [0.15, 0.2) is 24.3 Å². The van der Waals surface area contributed by atoms with E-state index in [1.807, 2.05) is 0 Å². The summed E-state index contributed by atoms with van der Waals surface area (Å²) in [6.45, 7) is 4.97. The van der Waals surface area contributed by atoms with Crippen molar-refractivity contribution in [3.8, 4) is 0 Å². The maximum atomic E-state index is 12.4. The van der Waals surface area contributed by atoms with E-state index in [1.54, 1.807) is 26.8 Å². The van der Waals surface area contributed by atoms with E-state index < -0.39 is 24.8 Å². The van der Waals surface area contributed by atoms with Crippen molar-refractivity contribution < 1.29 is 29.5 Å². The number of rotatable bonds is 2. The number of hydrogen-bond donors (Lipinski definition) is 3. The summed E-state index contributed by atoms with van der Waals surface area (Å²) in [5.41, 5.74) is -1.04. The number of para-hydroxylation sites is 1. The van der Waals surface area contributed by atoms with E-state index in [1.165, 1.54) is 18.2 Å². The lowest BCUT2D eigenvalue weighted by atomic mass is 9.86. The van der Waals surface area contributed by atoms with Gasteiger partial charge in [-0.2, -0.15) is 0 Å². The SMILES string of the molecule is CC(C)(C)OC(=O)n1c(B(O)O)cc2cccc(C(=O)O)c21. The molecule has 0 radical (unpaired) electrons. The van der Waals surface area contributed by atoms with E-state index in [-0.39, 0.29) is 16.7 Å². The first kappa shape index (κ1) is 16.1. The van der Waals surface area contributed by atoms with Crippen molar-refractivity contribution >= 4 is 35.7 Å². The number of ether oxygens (including phenoxy) is 1. The molecule has 0 saturated heterocycles. The van der Waals surface area contributed by atoms with Crippen LogP contribution in [0.25, 0.3) is 10.9 Å². The number of carboxylic acid groups (broad SMARTS) is 1. The van der Waals surface area contributed by atoms with Gasteiger partial charge in [0.05, 0.1) is 16.7 Å². The van der Waals surface area contributed by atoms with Gasteiger partial charge in [0.2, 0.25) is 0 Å². The van der Waals surface area contributed by atoms with Crippen LogP contribution in [0.1, 0.15) is 31.1 Å². The highest BCUT2D eigenvalue weighted by molar-refractivity contribution is 6.59. The summed E-state index contributed by atoms with van der Waals surface area (Å²) < 4.78 is 6.11. The van der Waals surface area contributed by atoms with Gasteiger partial charge in [0.1, 0.15) is 5.60 Å². The highest BCUT2D eigenvalue weighted by atomic mass is 16.6. The van der Waals surface area contributed by atoms with Crippen LogP contribution in [-0.2, 0) is 4.74 Å². The van der Waals surface area contributed by atoms with Gasteiger partial charge in [0.25, 0.3) is 0 Å². The highest BCUT2D eigenvalue weighted by Gasteiger charge is 2.29. The largest absolute Gasteiger partial charge is 0.506 e. The Bertz CT molecular complexity index is 744. The standard InChI is InChI=1S/C14H16BNO6/c1-14(2,3)22-13(19)16-10(15(20)21)7-8-5-4-6-9(11(8)16)12(17)18/h4-7,20-21H,1-3H3,(H,17,18). The topological polar surface area (TPSA) is 109 Å². The molecule has 1 aromatic carbocycles. The third kappa shape index (κ3) is 2.97. The Morgan fingerprint density at radius 1 is 1.23 bits per heavy atom. The lowest BCUT2D eigenvalue weighted by Crippen LogP contribution is -2.41. The van der Waals surface area contributed by atoms with Gasteiger partial charge in [-0.05, 0) is 32.9 Å². The zero-order valence-electron chi connectivity index (χ0n) is 12.4. The van der Waals surface area contributed by atoms with E-state index in [4.69, 9.17) is 4.74 Å². The summed E-state index contributed by atoms with van der Waals surface area (Å²) in [4.78, 5) is 23.7. The Labute approximate surface area is 126 Å². The van der Waals surface area contributed by atoms with Crippen molar-refractivity contribution in [2.45, 2.75) is 26.4 Å². The summed E-state index contributed by atoms with van der Waals surface area (Å²) in [6, 6.07) is 5.77. The number of carbonyl (C=O) groups is 2. The Kier molecular flexibility index (Phi) is 3.99. The third-order valence-electron chi connectivity index (χ3n) is 2.92. The van der Waals surface area contributed by atoms with Gasteiger partial charge in [-0.15, -0.1) is 0 Å². The molecule has 0 aliphatic heterocycles. The molecular weight excluding hydrogens is 289 g/mol. The van der Waals surface area contributed by atoms with Crippen molar-refractivity contribution in [2.75, 3.05) is 0 Å². The van der Waals surface area contributed by atoms with Gasteiger partial charge >= 0.3 is 19.2 Å². The fourth-order valence-corrected chi connectivity index (χ4v) is 2.15. The van der Waals surface area contributed by atoms with Gasteiger partial charge in [-0.3, -0.25) is 4.57 Å². The molecule has 0 unspecified atom stereocenters. The first-order valence-electron chi connectivity index (χ1n) is 6.59. The van der Waals surface area contributed by atoms with Gasteiger partial charge in [-0.1, -0.05) is 12.1 Å². The molecule has 2 aromatic rings. The molecule has 2 rings (SSSR count). The number of carboxylic acids is 1.